The zero-order chi connectivity index (χ0) is 14.4. The highest BCUT2D eigenvalue weighted by atomic mass is 15.0. The molecule has 2 nitrogen and oxygen atoms in total. The fraction of sp³-hybridized carbons (Fsp3) is 1.00. The lowest BCUT2D eigenvalue weighted by Gasteiger charge is -2.57. The van der Waals surface area contributed by atoms with Crippen LogP contribution in [0.15, 0.2) is 0 Å². The Bertz CT molecular complexity index is 307. The Balaban J connectivity index is 1.48. The Kier molecular flexibility index (Phi) is 3.92. The van der Waals surface area contributed by atoms with Crippen molar-refractivity contribution in [3.63, 3.8) is 0 Å². The molecule has 2 N–H and O–H groups in total. The molecule has 0 spiro atoms. The van der Waals surface area contributed by atoms with Crippen LogP contribution in [0.2, 0.25) is 0 Å². The van der Waals surface area contributed by atoms with E-state index in [1.807, 2.05) is 0 Å². The lowest BCUT2D eigenvalue weighted by Crippen LogP contribution is -2.53. The van der Waals surface area contributed by atoms with Crippen LogP contribution < -0.4 is 10.6 Å². The van der Waals surface area contributed by atoms with E-state index in [0.717, 1.165) is 24.3 Å². The minimum absolute atomic E-state index is 0.233. The SMILES string of the molecule is CC(CNC(C)(C)C)NCC12CC3CC(CC(C3)C1)C2. The molecule has 0 heterocycles. The third-order valence-corrected chi connectivity index (χ3v) is 5.93. The smallest absolute Gasteiger partial charge is 0.0164 e. The first kappa shape index (κ1) is 14.8. The Morgan fingerprint density at radius 1 is 1.00 bits per heavy atom. The summed E-state index contributed by atoms with van der Waals surface area (Å²) in [6.45, 7) is 11.4. The van der Waals surface area contributed by atoms with Crippen LogP contribution >= 0.6 is 0 Å². The molecule has 0 aromatic heterocycles. The standard InChI is InChI=1S/C18H34N2/c1-13(11-20-17(2,3)4)19-12-18-8-14-5-15(9-18)7-16(6-14)10-18/h13-16,19-20H,5-12H2,1-4H3. The topological polar surface area (TPSA) is 24.1 Å². The molecule has 20 heavy (non-hydrogen) atoms. The summed E-state index contributed by atoms with van der Waals surface area (Å²) in [5.41, 5.74) is 0.904. The maximum Gasteiger partial charge on any atom is 0.0164 e. The third kappa shape index (κ3) is 3.39. The zero-order valence-electron chi connectivity index (χ0n) is 14.0. The van der Waals surface area contributed by atoms with Gasteiger partial charge in [0.2, 0.25) is 0 Å². The van der Waals surface area contributed by atoms with Crippen molar-refractivity contribution < 1.29 is 0 Å². The fourth-order valence-electron chi connectivity index (χ4n) is 5.43. The molecule has 4 aliphatic rings. The van der Waals surface area contributed by atoms with Crippen LogP contribution in [0.1, 0.15) is 66.2 Å². The van der Waals surface area contributed by atoms with Gasteiger partial charge in [-0.1, -0.05) is 0 Å². The van der Waals surface area contributed by atoms with Gasteiger partial charge in [0.05, 0.1) is 0 Å². The lowest BCUT2D eigenvalue weighted by molar-refractivity contribution is -0.0522. The predicted molar refractivity (Wildman–Crippen MR) is 85.8 cm³/mol. The van der Waals surface area contributed by atoms with Gasteiger partial charge in [0.1, 0.15) is 0 Å². The lowest BCUT2D eigenvalue weighted by atomic mass is 9.49. The molecule has 1 unspecified atom stereocenters. The Morgan fingerprint density at radius 3 is 1.95 bits per heavy atom. The van der Waals surface area contributed by atoms with Crippen molar-refractivity contribution in [2.24, 2.45) is 23.2 Å². The van der Waals surface area contributed by atoms with Gasteiger partial charge in [-0.2, -0.15) is 0 Å². The van der Waals surface area contributed by atoms with Gasteiger partial charge in [-0.15, -0.1) is 0 Å². The van der Waals surface area contributed by atoms with Crippen molar-refractivity contribution >= 4 is 0 Å². The number of rotatable bonds is 5. The van der Waals surface area contributed by atoms with Gasteiger partial charge >= 0.3 is 0 Å². The van der Waals surface area contributed by atoms with Crippen LogP contribution in [0, 0.1) is 23.2 Å². The van der Waals surface area contributed by atoms with E-state index < -0.39 is 0 Å². The molecule has 0 aromatic rings. The molecule has 116 valence electrons. The number of nitrogens with one attached hydrogen (secondary N) is 2. The van der Waals surface area contributed by atoms with E-state index in [9.17, 15) is 0 Å². The molecule has 0 amide bonds. The second-order valence-electron chi connectivity index (χ2n) is 9.33. The van der Waals surface area contributed by atoms with Crippen molar-refractivity contribution in [2.75, 3.05) is 13.1 Å². The summed E-state index contributed by atoms with van der Waals surface area (Å²) >= 11 is 0. The summed E-state index contributed by atoms with van der Waals surface area (Å²) in [5, 5.41) is 7.47. The average molecular weight is 278 g/mol. The van der Waals surface area contributed by atoms with Gasteiger partial charge in [0.25, 0.3) is 0 Å². The number of hydrogen-bond acceptors (Lipinski definition) is 2. The van der Waals surface area contributed by atoms with E-state index in [1.165, 1.54) is 25.8 Å². The summed E-state index contributed by atoms with van der Waals surface area (Å²) in [7, 11) is 0. The summed E-state index contributed by atoms with van der Waals surface area (Å²) in [5.74, 6) is 3.23. The minimum Gasteiger partial charge on any atom is -0.312 e. The Labute approximate surface area is 125 Å². The van der Waals surface area contributed by atoms with Gasteiger partial charge in [0.15, 0.2) is 0 Å². The molecular weight excluding hydrogens is 244 g/mol. The van der Waals surface area contributed by atoms with Crippen molar-refractivity contribution in [2.45, 2.75) is 77.8 Å². The highest BCUT2D eigenvalue weighted by molar-refractivity contribution is 5.02. The summed E-state index contributed by atoms with van der Waals surface area (Å²) in [4.78, 5) is 0. The summed E-state index contributed by atoms with van der Waals surface area (Å²) in [6, 6.07) is 0.585. The first-order valence-corrected chi connectivity index (χ1v) is 8.82. The van der Waals surface area contributed by atoms with E-state index in [0.29, 0.717) is 11.5 Å². The maximum absolute atomic E-state index is 3.85. The quantitative estimate of drug-likeness (QED) is 0.803. The van der Waals surface area contributed by atoms with Gasteiger partial charge < -0.3 is 10.6 Å². The molecule has 0 radical (unpaired) electrons. The van der Waals surface area contributed by atoms with E-state index in [2.05, 4.69) is 38.3 Å². The van der Waals surface area contributed by atoms with Crippen LogP contribution in [0.25, 0.3) is 0 Å². The molecule has 4 saturated carbocycles. The molecule has 0 aromatic carbocycles. The monoisotopic (exact) mass is 278 g/mol. The van der Waals surface area contributed by atoms with Gasteiger partial charge in [0, 0.05) is 24.7 Å². The second kappa shape index (κ2) is 5.28. The van der Waals surface area contributed by atoms with Crippen molar-refractivity contribution in [1.29, 1.82) is 0 Å². The maximum atomic E-state index is 3.85. The first-order valence-electron chi connectivity index (χ1n) is 8.82. The van der Waals surface area contributed by atoms with Crippen LogP contribution in [0.3, 0.4) is 0 Å². The second-order valence-corrected chi connectivity index (χ2v) is 9.33. The molecule has 4 bridgehead atoms. The van der Waals surface area contributed by atoms with E-state index in [-0.39, 0.29) is 5.54 Å². The Hall–Kier alpha value is -0.0800. The molecule has 4 fully saturated rings. The minimum atomic E-state index is 0.233. The number of hydrogen-bond donors (Lipinski definition) is 2. The molecule has 4 rings (SSSR count). The zero-order valence-corrected chi connectivity index (χ0v) is 14.0. The van der Waals surface area contributed by atoms with Crippen molar-refractivity contribution in [3.05, 3.63) is 0 Å². The molecular formula is C18H34N2. The fourth-order valence-corrected chi connectivity index (χ4v) is 5.43. The van der Waals surface area contributed by atoms with E-state index in [4.69, 9.17) is 0 Å². The van der Waals surface area contributed by atoms with Gasteiger partial charge in [-0.3, -0.25) is 0 Å². The normalized spacial score (nSPS) is 41.1. The Morgan fingerprint density at radius 2 is 1.50 bits per heavy atom. The van der Waals surface area contributed by atoms with Crippen LogP contribution in [0.5, 0.6) is 0 Å². The summed E-state index contributed by atoms with van der Waals surface area (Å²) < 4.78 is 0. The molecule has 2 heteroatoms. The molecule has 0 saturated heterocycles. The highest BCUT2D eigenvalue weighted by Crippen LogP contribution is 2.59. The molecule has 0 aliphatic heterocycles. The molecule has 1 atom stereocenters. The van der Waals surface area contributed by atoms with Gasteiger partial charge in [-0.25, -0.2) is 0 Å². The highest BCUT2D eigenvalue weighted by Gasteiger charge is 2.50. The summed E-state index contributed by atoms with van der Waals surface area (Å²) in [6.07, 6.45) is 9.23. The van der Waals surface area contributed by atoms with Gasteiger partial charge in [-0.05, 0) is 89.4 Å². The average Bonchev–Trinajstić information content (AvgIpc) is 2.31. The van der Waals surface area contributed by atoms with E-state index >= 15 is 0 Å². The largest absolute Gasteiger partial charge is 0.312 e. The molecule has 4 aliphatic carbocycles. The van der Waals surface area contributed by atoms with Crippen LogP contribution in [0.4, 0.5) is 0 Å². The van der Waals surface area contributed by atoms with Crippen LogP contribution in [-0.4, -0.2) is 24.7 Å². The first-order chi connectivity index (χ1) is 9.34. The van der Waals surface area contributed by atoms with Crippen LogP contribution in [-0.2, 0) is 0 Å². The predicted octanol–water partition coefficient (Wildman–Crippen LogP) is 3.57. The van der Waals surface area contributed by atoms with Crippen molar-refractivity contribution in [1.82, 2.24) is 10.6 Å². The van der Waals surface area contributed by atoms with Crippen molar-refractivity contribution in [3.8, 4) is 0 Å². The van der Waals surface area contributed by atoms with E-state index in [1.54, 1.807) is 19.3 Å². The third-order valence-electron chi connectivity index (χ3n) is 5.93.